The standard InChI is InChI=1S/C14H18ClNO2/c15-12-4-1-3-11(9-12)10-14(18)16(7-8-17)13-5-2-6-13/h1,3-4,9,13,17H,2,5-8,10H2. The number of aliphatic hydroxyl groups is 1. The van der Waals surface area contributed by atoms with Crippen molar-refractivity contribution in [2.75, 3.05) is 13.2 Å². The van der Waals surface area contributed by atoms with E-state index in [4.69, 9.17) is 16.7 Å². The maximum absolute atomic E-state index is 12.2. The summed E-state index contributed by atoms with van der Waals surface area (Å²) in [5.41, 5.74) is 0.926. The molecule has 1 aliphatic rings. The summed E-state index contributed by atoms with van der Waals surface area (Å²) in [4.78, 5) is 14.0. The predicted octanol–water partition coefficient (Wildman–Crippen LogP) is 2.26. The van der Waals surface area contributed by atoms with Gasteiger partial charge in [-0.05, 0) is 37.0 Å². The number of aliphatic hydroxyl groups excluding tert-OH is 1. The van der Waals surface area contributed by atoms with Crippen LogP contribution in [0.5, 0.6) is 0 Å². The summed E-state index contributed by atoms with van der Waals surface area (Å²) >= 11 is 5.91. The molecule has 0 heterocycles. The smallest absolute Gasteiger partial charge is 0.227 e. The van der Waals surface area contributed by atoms with Crippen LogP contribution in [-0.2, 0) is 11.2 Å². The van der Waals surface area contributed by atoms with Crippen molar-refractivity contribution < 1.29 is 9.90 Å². The highest BCUT2D eigenvalue weighted by molar-refractivity contribution is 6.30. The first kappa shape index (κ1) is 13.4. The number of halogens is 1. The number of nitrogens with zero attached hydrogens (tertiary/aromatic N) is 1. The molecule has 0 unspecified atom stereocenters. The van der Waals surface area contributed by atoms with Crippen molar-refractivity contribution >= 4 is 17.5 Å². The second kappa shape index (κ2) is 6.21. The average molecular weight is 268 g/mol. The molecule has 0 spiro atoms. The van der Waals surface area contributed by atoms with Crippen LogP contribution in [0.15, 0.2) is 24.3 Å². The van der Waals surface area contributed by atoms with Crippen LogP contribution in [0.1, 0.15) is 24.8 Å². The minimum atomic E-state index is 0.0256. The van der Waals surface area contributed by atoms with E-state index in [1.165, 1.54) is 6.42 Å². The molecule has 0 saturated heterocycles. The normalized spacial score (nSPS) is 15.2. The van der Waals surface area contributed by atoms with E-state index in [2.05, 4.69) is 0 Å². The van der Waals surface area contributed by atoms with Crippen LogP contribution < -0.4 is 0 Å². The Balaban J connectivity index is 2.00. The molecule has 98 valence electrons. The minimum Gasteiger partial charge on any atom is -0.395 e. The van der Waals surface area contributed by atoms with E-state index < -0.39 is 0 Å². The molecule has 4 heteroatoms. The third-order valence-corrected chi connectivity index (χ3v) is 3.66. The number of amides is 1. The van der Waals surface area contributed by atoms with E-state index >= 15 is 0 Å². The molecule has 1 saturated carbocycles. The molecule has 1 fully saturated rings. The van der Waals surface area contributed by atoms with Gasteiger partial charge in [0, 0.05) is 17.6 Å². The highest BCUT2D eigenvalue weighted by Crippen LogP contribution is 2.25. The fourth-order valence-electron chi connectivity index (χ4n) is 2.24. The lowest BCUT2D eigenvalue weighted by molar-refractivity contribution is -0.135. The minimum absolute atomic E-state index is 0.0256. The quantitative estimate of drug-likeness (QED) is 0.889. The molecule has 1 aromatic carbocycles. The molecule has 0 bridgehead atoms. The Morgan fingerprint density at radius 2 is 2.22 bits per heavy atom. The van der Waals surface area contributed by atoms with Crippen molar-refractivity contribution in [2.24, 2.45) is 0 Å². The fourth-order valence-corrected chi connectivity index (χ4v) is 2.45. The fraction of sp³-hybridized carbons (Fsp3) is 0.500. The van der Waals surface area contributed by atoms with E-state index in [9.17, 15) is 4.79 Å². The Morgan fingerprint density at radius 1 is 1.44 bits per heavy atom. The molecule has 1 N–H and O–H groups in total. The lowest BCUT2D eigenvalue weighted by Gasteiger charge is -2.37. The Hall–Kier alpha value is -1.06. The molecule has 0 aliphatic heterocycles. The monoisotopic (exact) mass is 267 g/mol. The van der Waals surface area contributed by atoms with Gasteiger partial charge in [-0.3, -0.25) is 4.79 Å². The van der Waals surface area contributed by atoms with Crippen LogP contribution in [0.25, 0.3) is 0 Å². The first-order valence-corrected chi connectivity index (χ1v) is 6.73. The van der Waals surface area contributed by atoms with Crippen molar-refractivity contribution in [1.29, 1.82) is 0 Å². The van der Waals surface area contributed by atoms with Gasteiger partial charge in [-0.15, -0.1) is 0 Å². The Morgan fingerprint density at radius 3 is 2.78 bits per heavy atom. The van der Waals surface area contributed by atoms with Crippen molar-refractivity contribution in [2.45, 2.75) is 31.7 Å². The van der Waals surface area contributed by atoms with Crippen LogP contribution in [0.2, 0.25) is 5.02 Å². The zero-order chi connectivity index (χ0) is 13.0. The number of carbonyl (C=O) groups excluding carboxylic acids is 1. The molecule has 0 atom stereocenters. The zero-order valence-corrected chi connectivity index (χ0v) is 11.1. The summed E-state index contributed by atoms with van der Waals surface area (Å²) in [6.07, 6.45) is 3.65. The van der Waals surface area contributed by atoms with Gasteiger partial charge >= 0.3 is 0 Å². The highest BCUT2D eigenvalue weighted by atomic mass is 35.5. The number of carbonyl (C=O) groups is 1. The van der Waals surface area contributed by atoms with Crippen molar-refractivity contribution in [3.8, 4) is 0 Å². The second-order valence-corrected chi connectivity index (χ2v) is 5.14. The lowest BCUT2D eigenvalue weighted by atomic mass is 9.91. The van der Waals surface area contributed by atoms with Gasteiger partial charge in [-0.1, -0.05) is 23.7 Å². The van der Waals surface area contributed by atoms with Gasteiger partial charge in [0.15, 0.2) is 0 Å². The van der Waals surface area contributed by atoms with Crippen LogP contribution >= 0.6 is 11.6 Å². The Kier molecular flexibility index (Phi) is 4.61. The first-order valence-electron chi connectivity index (χ1n) is 6.35. The lowest BCUT2D eigenvalue weighted by Crippen LogP contribution is -2.46. The zero-order valence-electron chi connectivity index (χ0n) is 10.3. The summed E-state index contributed by atoms with van der Waals surface area (Å²) in [6.45, 7) is 0.460. The summed E-state index contributed by atoms with van der Waals surface area (Å²) < 4.78 is 0. The summed E-state index contributed by atoms with van der Waals surface area (Å²) in [5, 5.41) is 9.70. The van der Waals surface area contributed by atoms with Gasteiger partial charge in [-0.2, -0.15) is 0 Å². The van der Waals surface area contributed by atoms with Gasteiger partial charge in [-0.25, -0.2) is 0 Å². The van der Waals surface area contributed by atoms with Gasteiger partial charge in [0.1, 0.15) is 0 Å². The first-order chi connectivity index (χ1) is 8.70. The van der Waals surface area contributed by atoms with Crippen molar-refractivity contribution in [3.63, 3.8) is 0 Å². The molecule has 1 aromatic rings. The summed E-state index contributed by atoms with van der Waals surface area (Å²) in [7, 11) is 0. The molecular formula is C14H18ClNO2. The molecular weight excluding hydrogens is 250 g/mol. The van der Waals surface area contributed by atoms with Crippen LogP contribution in [0.4, 0.5) is 0 Å². The molecule has 1 aliphatic carbocycles. The summed E-state index contributed by atoms with van der Waals surface area (Å²) in [5.74, 6) is 0.0796. The number of benzene rings is 1. The summed E-state index contributed by atoms with van der Waals surface area (Å²) in [6, 6.07) is 7.69. The Bertz CT molecular complexity index is 418. The number of hydrogen-bond donors (Lipinski definition) is 1. The number of rotatable bonds is 5. The Labute approximate surface area is 112 Å². The van der Waals surface area contributed by atoms with E-state index in [1.807, 2.05) is 23.1 Å². The maximum atomic E-state index is 12.2. The third kappa shape index (κ3) is 3.24. The van der Waals surface area contributed by atoms with Gasteiger partial charge in [0.2, 0.25) is 5.91 Å². The molecule has 2 rings (SSSR count). The van der Waals surface area contributed by atoms with Crippen LogP contribution in [0.3, 0.4) is 0 Å². The largest absolute Gasteiger partial charge is 0.395 e. The van der Waals surface area contributed by atoms with Crippen LogP contribution in [0, 0.1) is 0 Å². The second-order valence-electron chi connectivity index (χ2n) is 4.70. The number of hydrogen-bond acceptors (Lipinski definition) is 2. The molecule has 0 aromatic heterocycles. The molecule has 0 radical (unpaired) electrons. The van der Waals surface area contributed by atoms with Crippen LogP contribution in [-0.4, -0.2) is 35.1 Å². The molecule has 18 heavy (non-hydrogen) atoms. The van der Waals surface area contributed by atoms with Crippen molar-refractivity contribution in [1.82, 2.24) is 4.90 Å². The van der Waals surface area contributed by atoms with Gasteiger partial charge in [0.05, 0.1) is 13.0 Å². The van der Waals surface area contributed by atoms with E-state index in [0.717, 1.165) is 18.4 Å². The third-order valence-electron chi connectivity index (χ3n) is 3.42. The molecule has 1 amide bonds. The maximum Gasteiger partial charge on any atom is 0.227 e. The predicted molar refractivity (Wildman–Crippen MR) is 71.6 cm³/mol. The van der Waals surface area contributed by atoms with E-state index in [0.29, 0.717) is 24.0 Å². The van der Waals surface area contributed by atoms with Gasteiger partial charge in [0.25, 0.3) is 0 Å². The molecule has 3 nitrogen and oxygen atoms in total. The van der Waals surface area contributed by atoms with E-state index in [1.54, 1.807) is 6.07 Å². The van der Waals surface area contributed by atoms with E-state index in [-0.39, 0.29) is 12.5 Å². The van der Waals surface area contributed by atoms with Gasteiger partial charge < -0.3 is 10.0 Å². The SMILES string of the molecule is O=C(Cc1cccc(Cl)c1)N(CCO)C1CCC1. The topological polar surface area (TPSA) is 40.5 Å². The average Bonchev–Trinajstić information content (AvgIpc) is 2.26. The van der Waals surface area contributed by atoms with Crippen molar-refractivity contribution in [3.05, 3.63) is 34.9 Å². The highest BCUT2D eigenvalue weighted by Gasteiger charge is 2.28.